The van der Waals surface area contributed by atoms with Crippen molar-refractivity contribution < 1.29 is 14.6 Å². The summed E-state index contributed by atoms with van der Waals surface area (Å²) in [6.07, 6.45) is 1.63. The first-order chi connectivity index (χ1) is 7.68. The molecule has 86 valence electrons. The van der Waals surface area contributed by atoms with Crippen molar-refractivity contribution in [2.75, 3.05) is 6.61 Å². The molecule has 0 aromatic heterocycles. The van der Waals surface area contributed by atoms with Gasteiger partial charge in [0.2, 0.25) is 0 Å². The van der Waals surface area contributed by atoms with Gasteiger partial charge in [-0.1, -0.05) is 29.8 Å². The van der Waals surface area contributed by atoms with Gasteiger partial charge in [-0.2, -0.15) is 0 Å². The lowest BCUT2D eigenvalue weighted by atomic mass is 9.91. The van der Waals surface area contributed by atoms with E-state index < -0.39 is 11.9 Å². The first kappa shape index (κ1) is 11.1. The predicted molar refractivity (Wildman–Crippen MR) is 60.5 cm³/mol. The van der Waals surface area contributed by atoms with E-state index in [0.717, 1.165) is 24.0 Å². The molecular weight excluding hydrogens is 204 g/mol. The zero-order chi connectivity index (χ0) is 11.5. The maximum Gasteiger partial charge on any atom is 0.313 e. The van der Waals surface area contributed by atoms with Crippen LogP contribution in [0.1, 0.15) is 29.9 Å². The maximum absolute atomic E-state index is 11.3. The lowest BCUT2D eigenvalue weighted by molar-refractivity contribution is -0.141. The third kappa shape index (κ3) is 2.25. The second kappa shape index (κ2) is 4.66. The highest BCUT2D eigenvalue weighted by Crippen LogP contribution is 2.29. The van der Waals surface area contributed by atoms with Gasteiger partial charge in [-0.25, -0.2) is 0 Å². The average molecular weight is 220 g/mol. The van der Waals surface area contributed by atoms with Gasteiger partial charge in [0.1, 0.15) is 5.92 Å². The van der Waals surface area contributed by atoms with Crippen LogP contribution in [0.15, 0.2) is 24.3 Å². The smallest absolute Gasteiger partial charge is 0.313 e. The molecule has 0 amide bonds. The highest BCUT2D eigenvalue weighted by molar-refractivity contribution is 5.77. The van der Waals surface area contributed by atoms with Gasteiger partial charge in [-0.15, -0.1) is 0 Å². The monoisotopic (exact) mass is 220 g/mol. The van der Waals surface area contributed by atoms with Crippen molar-refractivity contribution in [3.05, 3.63) is 35.4 Å². The van der Waals surface area contributed by atoms with Crippen LogP contribution in [-0.2, 0) is 9.53 Å². The van der Waals surface area contributed by atoms with E-state index in [4.69, 9.17) is 4.74 Å². The minimum atomic E-state index is -0.796. The van der Waals surface area contributed by atoms with E-state index in [-0.39, 0.29) is 6.10 Å². The van der Waals surface area contributed by atoms with Gasteiger partial charge >= 0.3 is 5.97 Å². The van der Waals surface area contributed by atoms with Gasteiger partial charge in [0.05, 0.1) is 6.10 Å². The number of aliphatic carboxylic acids is 1. The molecular formula is C13H16O3. The third-order valence-electron chi connectivity index (χ3n) is 3.04. The van der Waals surface area contributed by atoms with Crippen LogP contribution in [-0.4, -0.2) is 23.8 Å². The Hall–Kier alpha value is -1.35. The average Bonchev–Trinajstić information content (AvgIpc) is 2.74. The number of benzene rings is 1. The van der Waals surface area contributed by atoms with Crippen molar-refractivity contribution in [3.8, 4) is 0 Å². The van der Waals surface area contributed by atoms with Crippen LogP contribution in [0, 0.1) is 6.92 Å². The van der Waals surface area contributed by atoms with Gasteiger partial charge in [0, 0.05) is 6.61 Å². The summed E-state index contributed by atoms with van der Waals surface area (Å²) in [5.41, 5.74) is 1.98. The molecule has 2 unspecified atom stereocenters. The number of rotatable bonds is 3. The molecule has 3 heteroatoms. The fraction of sp³-hybridized carbons (Fsp3) is 0.462. The van der Waals surface area contributed by atoms with E-state index in [2.05, 4.69) is 0 Å². The van der Waals surface area contributed by atoms with E-state index in [1.165, 1.54) is 0 Å². The second-order valence-electron chi connectivity index (χ2n) is 4.28. The summed E-state index contributed by atoms with van der Waals surface area (Å²) in [5.74, 6) is -1.32. The Morgan fingerprint density at radius 1 is 1.44 bits per heavy atom. The van der Waals surface area contributed by atoms with Crippen molar-refractivity contribution in [3.63, 3.8) is 0 Å². The second-order valence-corrected chi connectivity index (χ2v) is 4.28. The Balaban J connectivity index is 2.24. The van der Waals surface area contributed by atoms with Gasteiger partial charge in [0.25, 0.3) is 0 Å². The van der Waals surface area contributed by atoms with E-state index in [1.807, 2.05) is 31.2 Å². The Morgan fingerprint density at radius 2 is 2.12 bits per heavy atom. The summed E-state index contributed by atoms with van der Waals surface area (Å²) in [5, 5.41) is 9.28. The number of carbonyl (C=O) groups is 1. The Morgan fingerprint density at radius 3 is 2.62 bits per heavy atom. The Kier molecular flexibility index (Phi) is 3.25. The largest absolute Gasteiger partial charge is 0.481 e. The first-order valence-electron chi connectivity index (χ1n) is 5.59. The zero-order valence-electron chi connectivity index (χ0n) is 9.35. The maximum atomic E-state index is 11.3. The van der Waals surface area contributed by atoms with Gasteiger partial charge in [-0.05, 0) is 25.3 Å². The van der Waals surface area contributed by atoms with Crippen LogP contribution in [0.5, 0.6) is 0 Å². The predicted octanol–water partition coefficient (Wildman–Crippen LogP) is 2.34. The molecule has 0 bridgehead atoms. The van der Waals surface area contributed by atoms with Crippen LogP contribution < -0.4 is 0 Å². The number of aryl methyl sites for hydroxylation is 1. The summed E-state index contributed by atoms with van der Waals surface area (Å²) in [6, 6.07) is 7.66. The molecule has 16 heavy (non-hydrogen) atoms. The molecule has 1 aromatic carbocycles. The molecule has 3 nitrogen and oxygen atoms in total. The number of carboxylic acids is 1. The first-order valence-corrected chi connectivity index (χ1v) is 5.59. The van der Waals surface area contributed by atoms with E-state index in [0.29, 0.717) is 6.61 Å². The number of hydrogen-bond acceptors (Lipinski definition) is 2. The molecule has 1 heterocycles. The molecule has 2 atom stereocenters. The molecule has 0 spiro atoms. The van der Waals surface area contributed by atoms with E-state index >= 15 is 0 Å². The van der Waals surface area contributed by atoms with Crippen LogP contribution in [0.3, 0.4) is 0 Å². The van der Waals surface area contributed by atoms with E-state index in [9.17, 15) is 9.90 Å². The number of carboxylic acid groups (broad SMARTS) is 1. The molecule has 1 N–H and O–H groups in total. The summed E-state index contributed by atoms with van der Waals surface area (Å²) in [4.78, 5) is 11.3. The Bertz CT molecular complexity index is 363. The lowest BCUT2D eigenvalue weighted by Gasteiger charge is -2.19. The SMILES string of the molecule is Cc1ccc(C(C(=O)O)C2CCCO2)cc1. The van der Waals surface area contributed by atoms with Crippen LogP contribution in [0.4, 0.5) is 0 Å². The molecule has 2 rings (SSSR count). The topological polar surface area (TPSA) is 46.5 Å². The minimum absolute atomic E-state index is 0.166. The molecule has 0 aliphatic carbocycles. The summed E-state index contributed by atoms with van der Waals surface area (Å²) in [6.45, 7) is 2.67. The van der Waals surface area contributed by atoms with Crippen molar-refractivity contribution in [2.24, 2.45) is 0 Å². The standard InChI is InChI=1S/C13H16O3/c1-9-4-6-10(7-5-9)12(13(14)15)11-3-2-8-16-11/h4-7,11-12H,2-3,8H2,1H3,(H,14,15). The van der Waals surface area contributed by atoms with Crippen LogP contribution in [0.2, 0.25) is 0 Å². The highest BCUT2D eigenvalue weighted by atomic mass is 16.5. The molecule has 1 saturated heterocycles. The van der Waals surface area contributed by atoms with Crippen molar-refractivity contribution in [1.82, 2.24) is 0 Å². The zero-order valence-corrected chi connectivity index (χ0v) is 9.35. The minimum Gasteiger partial charge on any atom is -0.481 e. The molecule has 1 aliphatic heterocycles. The Labute approximate surface area is 95.0 Å². The van der Waals surface area contributed by atoms with Gasteiger partial charge < -0.3 is 9.84 Å². The molecule has 0 radical (unpaired) electrons. The van der Waals surface area contributed by atoms with Gasteiger partial charge in [0.15, 0.2) is 0 Å². The number of hydrogen-bond donors (Lipinski definition) is 1. The van der Waals surface area contributed by atoms with Gasteiger partial charge in [-0.3, -0.25) is 4.79 Å². The molecule has 0 saturated carbocycles. The summed E-state index contributed by atoms with van der Waals surface area (Å²) >= 11 is 0. The normalized spacial score (nSPS) is 21.9. The fourth-order valence-electron chi connectivity index (χ4n) is 2.16. The van der Waals surface area contributed by atoms with Crippen molar-refractivity contribution in [2.45, 2.75) is 31.8 Å². The molecule has 1 aromatic rings. The summed E-state index contributed by atoms with van der Waals surface area (Å²) in [7, 11) is 0. The molecule has 1 fully saturated rings. The van der Waals surface area contributed by atoms with Crippen molar-refractivity contribution in [1.29, 1.82) is 0 Å². The van der Waals surface area contributed by atoms with Crippen LogP contribution in [0.25, 0.3) is 0 Å². The summed E-state index contributed by atoms with van der Waals surface area (Å²) < 4.78 is 5.48. The quantitative estimate of drug-likeness (QED) is 0.850. The fourth-order valence-corrected chi connectivity index (χ4v) is 2.16. The third-order valence-corrected chi connectivity index (χ3v) is 3.04. The highest BCUT2D eigenvalue weighted by Gasteiger charge is 2.32. The van der Waals surface area contributed by atoms with Crippen LogP contribution >= 0.6 is 0 Å². The number of ether oxygens (including phenoxy) is 1. The van der Waals surface area contributed by atoms with Crippen molar-refractivity contribution >= 4 is 5.97 Å². The molecule has 1 aliphatic rings. The van der Waals surface area contributed by atoms with E-state index in [1.54, 1.807) is 0 Å². The lowest BCUT2D eigenvalue weighted by Crippen LogP contribution is -2.25.